The van der Waals surface area contributed by atoms with Gasteiger partial charge in [0.2, 0.25) is 0 Å². The summed E-state index contributed by atoms with van der Waals surface area (Å²) in [7, 11) is 0. The summed E-state index contributed by atoms with van der Waals surface area (Å²) < 4.78 is 58.7. The molecule has 164 valence electrons. The van der Waals surface area contributed by atoms with E-state index in [-0.39, 0.29) is 16.7 Å². The van der Waals surface area contributed by atoms with E-state index in [0.717, 1.165) is 43.4 Å². The highest BCUT2D eigenvalue weighted by Crippen LogP contribution is 2.38. The van der Waals surface area contributed by atoms with Crippen molar-refractivity contribution >= 4 is 45.7 Å². The molecule has 0 radical (unpaired) electrons. The minimum absolute atomic E-state index is 0.00276. The van der Waals surface area contributed by atoms with Crippen molar-refractivity contribution in [1.29, 1.82) is 0 Å². The summed E-state index contributed by atoms with van der Waals surface area (Å²) in [6, 6.07) is 11.2. The maximum Gasteiger partial charge on any atom is 0.153 e. The Bertz CT molecular complexity index is 1190. The van der Waals surface area contributed by atoms with Crippen LogP contribution in [0.25, 0.3) is 22.3 Å². The summed E-state index contributed by atoms with van der Waals surface area (Å²) >= 11 is 6.84. The number of alkyl halides is 1. The molecule has 0 N–H and O–H groups in total. The third kappa shape index (κ3) is 4.80. The summed E-state index contributed by atoms with van der Waals surface area (Å²) in [5.41, 5.74) is 1.04. The molecule has 4 rings (SSSR count). The predicted octanol–water partition coefficient (Wildman–Crippen LogP) is 8.77. The largest absolute Gasteiger partial charge is 0.206 e. The molecule has 0 unspecified atom stereocenters. The molecule has 0 saturated heterocycles. The molecule has 1 nitrogen and oxygen atoms in total. The summed E-state index contributed by atoms with van der Waals surface area (Å²) in [5.74, 6) is -2.72. The van der Waals surface area contributed by atoms with E-state index >= 15 is 0 Å². The van der Waals surface area contributed by atoms with Crippen molar-refractivity contribution in [2.24, 2.45) is 4.99 Å². The fourth-order valence-corrected chi connectivity index (χ4v) is 5.01. The third-order valence-corrected chi connectivity index (χ3v) is 7.22. The van der Waals surface area contributed by atoms with Crippen molar-refractivity contribution in [3.63, 3.8) is 0 Å². The summed E-state index contributed by atoms with van der Waals surface area (Å²) in [6.07, 6.45) is 4.33. The number of hydrogen-bond donors (Lipinski definition) is 0. The zero-order valence-electron chi connectivity index (χ0n) is 16.8. The van der Waals surface area contributed by atoms with Crippen LogP contribution in [0.2, 0.25) is 0 Å². The van der Waals surface area contributed by atoms with Gasteiger partial charge in [0.05, 0.1) is 5.16 Å². The first kappa shape index (κ1) is 23.1. The smallest absolute Gasteiger partial charge is 0.153 e. The first-order valence-corrected chi connectivity index (χ1v) is 11.8. The van der Waals surface area contributed by atoms with E-state index in [9.17, 15) is 17.6 Å². The van der Waals surface area contributed by atoms with Crippen LogP contribution in [0, 0.1) is 23.3 Å². The Kier molecular flexibility index (Phi) is 7.08. The van der Waals surface area contributed by atoms with Gasteiger partial charge in [0, 0.05) is 15.1 Å². The average molecular weight is 567 g/mol. The number of aliphatic imine (C=N–C) groups is 1. The molecular weight excluding hydrogens is 549 g/mol. The van der Waals surface area contributed by atoms with Crippen molar-refractivity contribution in [3.05, 3.63) is 77.4 Å². The number of nitrogens with zero attached hydrogens (tertiary/aromatic N) is 1. The minimum atomic E-state index is -0.973. The van der Waals surface area contributed by atoms with E-state index in [1.165, 1.54) is 18.2 Å². The minimum Gasteiger partial charge on any atom is -0.206 e. The molecule has 0 bridgehead atoms. The molecule has 32 heavy (non-hydrogen) atoms. The third-order valence-electron chi connectivity index (χ3n) is 5.89. The fourth-order valence-electron chi connectivity index (χ4n) is 4.20. The van der Waals surface area contributed by atoms with Crippen molar-refractivity contribution in [1.82, 2.24) is 0 Å². The van der Waals surface area contributed by atoms with Crippen molar-refractivity contribution in [2.75, 3.05) is 0 Å². The molecule has 0 amide bonds. The van der Waals surface area contributed by atoms with Gasteiger partial charge >= 0.3 is 0 Å². The zero-order valence-corrected chi connectivity index (χ0v) is 19.8. The number of rotatable bonds is 4. The topological polar surface area (TPSA) is 12.4 Å². The van der Waals surface area contributed by atoms with Crippen LogP contribution in [0.15, 0.2) is 53.5 Å². The van der Waals surface area contributed by atoms with Crippen LogP contribution in [0.4, 0.5) is 23.2 Å². The first-order chi connectivity index (χ1) is 15.4. The molecule has 3 aromatic carbocycles. The van der Waals surface area contributed by atoms with Gasteiger partial charge in [-0.05, 0) is 84.8 Å². The van der Waals surface area contributed by atoms with Crippen molar-refractivity contribution in [3.8, 4) is 22.3 Å². The maximum absolute atomic E-state index is 14.9. The van der Waals surface area contributed by atoms with Gasteiger partial charge in [0.1, 0.15) is 17.3 Å². The van der Waals surface area contributed by atoms with E-state index in [1.807, 2.05) is 11.2 Å². The summed E-state index contributed by atoms with van der Waals surface area (Å²) in [6.45, 7) is 0. The molecule has 0 aromatic heterocycles. The molecule has 0 aliphatic heterocycles. The van der Waals surface area contributed by atoms with E-state index in [2.05, 4.69) is 39.8 Å². The van der Waals surface area contributed by atoms with Gasteiger partial charge in [0.15, 0.2) is 11.6 Å². The summed E-state index contributed by atoms with van der Waals surface area (Å²) in [5, 5.41) is 1.91. The quantitative estimate of drug-likeness (QED) is 0.101. The predicted molar refractivity (Wildman–Crippen MR) is 131 cm³/mol. The van der Waals surface area contributed by atoms with Crippen LogP contribution in [0.5, 0.6) is 0 Å². The normalized spacial score (nSPS) is 18.3. The Balaban J connectivity index is 1.63. The standard InChI is InChI=1S/C25H18F4INS/c26-21-9-15(14-1-5-18(30)6-2-14)3-7-19(21)16-4-8-20(22(27)10-16)17-11-23(28)25(31-13-32)24(29)12-17/h3-4,7-12,14,18H,1-2,5-6H2. The number of benzene rings is 3. The highest BCUT2D eigenvalue weighted by Gasteiger charge is 2.22. The van der Waals surface area contributed by atoms with E-state index in [0.29, 0.717) is 15.4 Å². The number of isothiocyanates is 1. The summed E-state index contributed by atoms with van der Waals surface area (Å²) in [4.78, 5) is 3.35. The Morgan fingerprint density at radius 3 is 1.91 bits per heavy atom. The highest BCUT2D eigenvalue weighted by molar-refractivity contribution is 14.1. The SMILES string of the molecule is Fc1cc(-c2ccc(C3CCC(I)CC3)cc2F)ccc1-c1cc(F)c(N=C=S)c(F)c1. The molecule has 7 heteroatoms. The van der Waals surface area contributed by atoms with Crippen LogP contribution in [0.3, 0.4) is 0 Å². The number of hydrogen-bond acceptors (Lipinski definition) is 2. The lowest BCUT2D eigenvalue weighted by atomic mass is 9.83. The van der Waals surface area contributed by atoms with E-state index in [1.54, 1.807) is 12.1 Å². The molecular formula is C25H18F4INS. The Morgan fingerprint density at radius 1 is 0.750 bits per heavy atom. The van der Waals surface area contributed by atoms with Crippen LogP contribution in [-0.4, -0.2) is 9.09 Å². The zero-order chi connectivity index (χ0) is 22.8. The average Bonchev–Trinajstić information content (AvgIpc) is 2.76. The van der Waals surface area contributed by atoms with E-state index < -0.39 is 29.0 Å². The highest BCUT2D eigenvalue weighted by atomic mass is 127. The molecule has 1 fully saturated rings. The van der Waals surface area contributed by atoms with E-state index in [4.69, 9.17) is 0 Å². The number of thiocarbonyl (C=S) groups is 1. The lowest BCUT2D eigenvalue weighted by Gasteiger charge is -2.25. The number of halogens is 5. The van der Waals surface area contributed by atoms with Gasteiger partial charge in [-0.2, -0.15) is 4.99 Å². The van der Waals surface area contributed by atoms with Gasteiger partial charge in [-0.1, -0.05) is 46.9 Å². The van der Waals surface area contributed by atoms with Crippen molar-refractivity contribution in [2.45, 2.75) is 35.5 Å². The van der Waals surface area contributed by atoms with Crippen molar-refractivity contribution < 1.29 is 17.6 Å². The fraction of sp³-hybridized carbons (Fsp3) is 0.240. The Morgan fingerprint density at radius 2 is 1.31 bits per heavy atom. The van der Waals surface area contributed by atoms with Crippen LogP contribution in [0.1, 0.15) is 37.2 Å². The van der Waals surface area contributed by atoms with Gasteiger partial charge in [-0.25, -0.2) is 17.6 Å². The first-order valence-electron chi connectivity index (χ1n) is 10.2. The second-order valence-electron chi connectivity index (χ2n) is 7.87. The second kappa shape index (κ2) is 9.81. The molecule has 1 saturated carbocycles. The van der Waals surface area contributed by atoms with Gasteiger partial charge in [-0.3, -0.25) is 0 Å². The Hall–Kier alpha value is -2.09. The van der Waals surface area contributed by atoms with Crippen LogP contribution in [-0.2, 0) is 0 Å². The molecule has 3 aromatic rings. The lowest BCUT2D eigenvalue weighted by molar-refractivity contribution is 0.460. The monoisotopic (exact) mass is 567 g/mol. The van der Waals surface area contributed by atoms with Crippen LogP contribution >= 0.6 is 34.8 Å². The van der Waals surface area contributed by atoms with Gasteiger partial charge in [-0.15, -0.1) is 0 Å². The van der Waals surface area contributed by atoms with Crippen LogP contribution < -0.4 is 0 Å². The molecule has 0 atom stereocenters. The maximum atomic E-state index is 14.9. The molecule has 1 aliphatic rings. The van der Waals surface area contributed by atoms with Gasteiger partial charge < -0.3 is 0 Å². The second-order valence-corrected chi connectivity index (χ2v) is 9.82. The molecule has 1 aliphatic carbocycles. The molecule has 0 spiro atoms. The Labute approximate surface area is 202 Å². The lowest BCUT2D eigenvalue weighted by Crippen LogP contribution is -2.12. The molecule has 0 heterocycles. The van der Waals surface area contributed by atoms with Gasteiger partial charge in [0.25, 0.3) is 0 Å².